The first kappa shape index (κ1) is 15.0. The quantitative estimate of drug-likeness (QED) is 0.765. The van der Waals surface area contributed by atoms with Crippen molar-refractivity contribution in [2.45, 2.75) is 4.21 Å². The van der Waals surface area contributed by atoms with Gasteiger partial charge in [-0.15, -0.1) is 11.3 Å². The lowest BCUT2D eigenvalue weighted by Crippen LogP contribution is -2.11. The summed E-state index contributed by atoms with van der Waals surface area (Å²) in [5.41, 5.74) is 0.582. The molecule has 2 heterocycles. The van der Waals surface area contributed by atoms with Gasteiger partial charge in [-0.2, -0.15) is 0 Å². The molecule has 0 atom stereocenters. The Hall–Kier alpha value is -1.90. The maximum absolute atomic E-state index is 12.9. The molecule has 3 rings (SSSR count). The Balaban J connectivity index is 1.84. The van der Waals surface area contributed by atoms with E-state index in [9.17, 15) is 12.8 Å². The van der Waals surface area contributed by atoms with E-state index in [-0.39, 0.29) is 15.8 Å². The maximum Gasteiger partial charge on any atom is 0.272 e. The average molecular weight is 359 g/mol. The van der Waals surface area contributed by atoms with Crippen LogP contribution in [-0.4, -0.2) is 13.6 Å². The molecule has 3 aromatic rings. The van der Waals surface area contributed by atoms with Gasteiger partial charge in [0, 0.05) is 11.6 Å². The fourth-order valence-electron chi connectivity index (χ4n) is 1.70. The van der Waals surface area contributed by atoms with Crippen LogP contribution in [0, 0.1) is 5.82 Å². The summed E-state index contributed by atoms with van der Waals surface area (Å²) in [6.07, 6.45) is 0. The van der Waals surface area contributed by atoms with Gasteiger partial charge in [-0.25, -0.2) is 12.8 Å². The third-order valence-electron chi connectivity index (χ3n) is 2.69. The Bertz CT molecular complexity index is 904. The van der Waals surface area contributed by atoms with Crippen molar-refractivity contribution < 1.29 is 17.3 Å². The van der Waals surface area contributed by atoms with Crippen molar-refractivity contribution >= 4 is 38.8 Å². The molecular formula is C13H8ClFN2O3S2. The Morgan fingerprint density at radius 2 is 1.91 bits per heavy atom. The van der Waals surface area contributed by atoms with E-state index in [0.29, 0.717) is 15.7 Å². The first-order valence-corrected chi connectivity index (χ1v) is 8.63. The number of nitrogens with zero attached hydrogens (tertiary/aromatic N) is 1. The molecule has 0 spiro atoms. The first-order valence-electron chi connectivity index (χ1n) is 5.95. The van der Waals surface area contributed by atoms with Gasteiger partial charge in [0.15, 0.2) is 11.6 Å². The molecule has 5 nitrogen and oxygen atoms in total. The lowest BCUT2D eigenvalue weighted by atomic mass is 10.2. The number of rotatable bonds is 4. The van der Waals surface area contributed by atoms with Crippen molar-refractivity contribution in [2.75, 3.05) is 4.72 Å². The van der Waals surface area contributed by atoms with Crippen LogP contribution < -0.4 is 4.72 Å². The van der Waals surface area contributed by atoms with Crippen LogP contribution in [0.1, 0.15) is 0 Å². The Morgan fingerprint density at radius 1 is 1.18 bits per heavy atom. The molecule has 0 saturated carbocycles. The molecule has 2 aromatic heterocycles. The molecule has 0 fully saturated rings. The topological polar surface area (TPSA) is 72.2 Å². The predicted molar refractivity (Wildman–Crippen MR) is 82.0 cm³/mol. The molecular weight excluding hydrogens is 351 g/mol. The Labute approximate surface area is 134 Å². The van der Waals surface area contributed by atoms with Crippen LogP contribution in [0.3, 0.4) is 0 Å². The van der Waals surface area contributed by atoms with Gasteiger partial charge in [0.25, 0.3) is 10.0 Å². The molecule has 0 bridgehead atoms. The van der Waals surface area contributed by atoms with Crippen LogP contribution in [0.5, 0.6) is 0 Å². The van der Waals surface area contributed by atoms with Crippen molar-refractivity contribution in [3.05, 3.63) is 52.6 Å². The fourth-order valence-corrected chi connectivity index (χ4v) is 4.17. The van der Waals surface area contributed by atoms with E-state index in [1.165, 1.54) is 42.5 Å². The number of aromatic nitrogens is 1. The third kappa shape index (κ3) is 3.13. The molecule has 0 saturated heterocycles. The molecule has 22 heavy (non-hydrogen) atoms. The Kier molecular flexibility index (Phi) is 3.90. The lowest BCUT2D eigenvalue weighted by molar-refractivity contribution is 0.435. The Morgan fingerprint density at radius 3 is 2.55 bits per heavy atom. The van der Waals surface area contributed by atoms with Crippen LogP contribution in [0.4, 0.5) is 10.2 Å². The monoisotopic (exact) mass is 358 g/mol. The van der Waals surface area contributed by atoms with Crippen LogP contribution in [-0.2, 0) is 10.0 Å². The van der Waals surface area contributed by atoms with Crippen LogP contribution in [0.2, 0.25) is 4.34 Å². The minimum absolute atomic E-state index is 0.0313. The van der Waals surface area contributed by atoms with Crippen molar-refractivity contribution in [1.29, 1.82) is 0 Å². The van der Waals surface area contributed by atoms with E-state index in [2.05, 4.69) is 9.88 Å². The summed E-state index contributed by atoms with van der Waals surface area (Å²) in [5.74, 6) is -0.0236. The summed E-state index contributed by atoms with van der Waals surface area (Å²) in [6.45, 7) is 0. The zero-order valence-electron chi connectivity index (χ0n) is 10.8. The van der Waals surface area contributed by atoms with Crippen LogP contribution >= 0.6 is 22.9 Å². The van der Waals surface area contributed by atoms with Gasteiger partial charge in [-0.1, -0.05) is 16.8 Å². The van der Waals surface area contributed by atoms with Gasteiger partial charge in [0.05, 0.1) is 4.34 Å². The largest absolute Gasteiger partial charge is 0.354 e. The fraction of sp³-hybridized carbons (Fsp3) is 0. The summed E-state index contributed by atoms with van der Waals surface area (Å²) in [4.78, 5) is 0. The standard InChI is InChI=1S/C13H8ClFN2O3S2/c14-11-5-6-13(21-11)22(18,19)17-12-7-10(20-16-12)8-1-3-9(15)4-2-8/h1-7H,(H,16,17). The number of sulfonamides is 1. The molecule has 0 aliphatic rings. The van der Waals surface area contributed by atoms with E-state index in [4.69, 9.17) is 16.1 Å². The highest BCUT2D eigenvalue weighted by Gasteiger charge is 2.19. The summed E-state index contributed by atoms with van der Waals surface area (Å²) in [7, 11) is -3.77. The number of thiophene rings is 1. The molecule has 1 N–H and O–H groups in total. The average Bonchev–Trinajstić information content (AvgIpc) is 3.09. The smallest absolute Gasteiger partial charge is 0.272 e. The lowest BCUT2D eigenvalue weighted by Gasteiger charge is -2.00. The minimum atomic E-state index is -3.77. The van der Waals surface area contributed by atoms with Crippen molar-refractivity contribution in [2.24, 2.45) is 0 Å². The van der Waals surface area contributed by atoms with Crippen molar-refractivity contribution in [1.82, 2.24) is 5.16 Å². The molecule has 0 radical (unpaired) electrons. The summed E-state index contributed by atoms with van der Waals surface area (Å²) >= 11 is 6.66. The third-order valence-corrected chi connectivity index (χ3v) is 5.77. The molecule has 0 unspecified atom stereocenters. The number of hydrogen-bond donors (Lipinski definition) is 1. The van der Waals surface area contributed by atoms with E-state index in [1.54, 1.807) is 0 Å². The normalized spacial score (nSPS) is 11.5. The summed E-state index contributed by atoms with van der Waals surface area (Å²) in [5, 5.41) is 3.65. The highest BCUT2D eigenvalue weighted by atomic mass is 35.5. The van der Waals surface area contributed by atoms with E-state index in [1.807, 2.05) is 0 Å². The van der Waals surface area contributed by atoms with E-state index in [0.717, 1.165) is 11.3 Å². The zero-order valence-corrected chi connectivity index (χ0v) is 13.2. The molecule has 1 aromatic carbocycles. The SMILES string of the molecule is O=S(=O)(Nc1cc(-c2ccc(F)cc2)on1)c1ccc(Cl)s1. The summed E-state index contributed by atoms with van der Waals surface area (Å²) < 4.78 is 44.9. The molecule has 0 aliphatic heterocycles. The number of hydrogen-bond acceptors (Lipinski definition) is 5. The number of anilines is 1. The molecule has 0 aliphatic carbocycles. The highest BCUT2D eigenvalue weighted by molar-refractivity contribution is 7.94. The summed E-state index contributed by atoms with van der Waals surface area (Å²) in [6, 6.07) is 9.87. The predicted octanol–water partition coefficient (Wildman–Crippen LogP) is 4.00. The second-order valence-corrected chi connectivity index (χ2v) is 7.87. The van der Waals surface area contributed by atoms with Crippen LogP contribution in [0.15, 0.2) is 51.2 Å². The van der Waals surface area contributed by atoms with Crippen molar-refractivity contribution in [3.8, 4) is 11.3 Å². The van der Waals surface area contributed by atoms with Crippen molar-refractivity contribution in [3.63, 3.8) is 0 Å². The first-order chi connectivity index (χ1) is 10.4. The minimum Gasteiger partial charge on any atom is -0.354 e. The van der Waals surface area contributed by atoms with E-state index >= 15 is 0 Å². The molecule has 9 heteroatoms. The van der Waals surface area contributed by atoms with Gasteiger partial charge in [-0.3, -0.25) is 4.72 Å². The number of benzene rings is 1. The van der Waals surface area contributed by atoms with Gasteiger partial charge in [0.1, 0.15) is 10.0 Å². The molecule has 0 amide bonds. The number of nitrogens with one attached hydrogen (secondary N) is 1. The van der Waals surface area contributed by atoms with Gasteiger partial charge < -0.3 is 4.52 Å². The maximum atomic E-state index is 12.9. The number of halogens is 2. The second kappa shape index (κ2) is 5.71. The van der Waals surface area contributed by atoms with E-state index < -0.39 is 10.0 Å². The molecule has 114 valence electrons. The highest BCUT2D eigenvalue weighted by Crippen LogP contribution is 2.28. The van der Waals surface area contributed by atoms with Gasteiger partial charge in [0.2, 0.25) is 0 Å². The second-order valence-electron chi connectivity index (χ2n) is 4.25. The van der Waals surface area contributed by atoms with Gasteiger partial charge >= 0.3 is 0 Å². The van der Waals surface area contributed by atoms with Gasteiger partial charge in [-0.05, 0) is 36.4 Å². The van der Waals surface area contributed by atoms with Crippen LogP contribution in [0.25, 0.3) is 11.3 Å². The zero-order chi connectivity index (χ0) is 15.7.